The Balaban J connectivity index is 2.68. The maximum absolute atomic E-state index is 10.8. The Labute approximate surface area is 95.5 Å². The van der Waals surface area contributed by atoms with Crippen molar-refractivity contribution in [1.29, 1.82) is 0 Å². The van der Waals surface area contributed by atoms with Gasteiger partial charge in [-0.15, -0.1) is 0 Å². The zero-order valence-corrected chi connectivity index (χ0v) is 9.66. The Morgan fingerprint density at radius 2 is 2.00 bits per heavy atom. The van der Waals surface area contributed by atoms with Gasteiger partial charge in [-0.2, -0.15) is 0 Å². The fraction of sp³-hybridized carbons (Fsp3) is 0.417. The third kappa shape index (κ3) is 4.00. The van der Waals surface area contributed by atoms with Gasteiger partial charge in [-0.3, -0.25) is 4.79 Å². The standard InChI is InChI=1S/C12H18N2O2/c1-9(16)14-11-5-3-10(4-6-11)7-12(2,13)8-15/h3-6,15H,7-8,13H2,1-2H3,(H,14,16). The molecule has 0 spiro atoms. The molecule has 0 aliphatic heterocycles. The minimum absolute atomic E-state index is 0.0551. The van der Waals surface area contributed by atoms with Gasteiger partial charge in [-0.05, 0) is 31.0 Å². The molecule has 0 radical (unpaired) electrons. The normalized spacial score (nSPS) is 14.2. The molecule has 0 aromatic heterocycles. The van der Waals surface area contributed by atoms with Gasteiger partial charge < -0.3 is 16.2 Å². The van der Waals surface area contributed by atoms with Crippen LogP contribution in [0.1, 0.15) is 19.4 Å². The Kier molecular flexibility index (Phi) is 4.04. The van der Waals surface area contributed by atoms with Gasteiger partial charge in [0.1, 0.15) is 0 Å². The number of rotatable bonds is 4. The quantitative estimate of drug-likeness (QED) is 0.708. The van der Waals surface area contributed by atoms with E-state index in [1.165, 1.54) is 6.92 Å². The molecule has 1 aromatic carbocycles. The van der Waals surface area contributed by atoms with Gasteiger partial charge in [0, 0.05) is 18.2 Å². The molecule has 0 fully saturated rings. The minimum atomic E-state index is -0.602. The second-order valence-electron chi connectivity index (χ2n) is 4.37. The molecule has 4 N–H and O–H groups in total. The van der Waals surface area contributed by atoms with Crippen molar-refractivity contribution in [1.82, 2.24) is 0 Å². The summed E-state index contributed by atoms with van der Waals surface area (Å²) in [7, 11) is 0. The van der Waals surface area contributed by atoms with Crippen LogP contribution in [0.4, 0.5) is 5.69 Å². The third-order valence-corrected chi connectivity index (χ3v) is 2.24. The summed E-state index contributed by atoms with van der Waals surface area (Å²) in [4.78, 5) is 10.8. The van der Waals surface area contributed by atoms with Crippen LogP contribution in [0.15, 0.2) is 24.3 Å². The van der Waals surface area contributed by atoms with Crippen molar-refractivity contribution in [3.63, 3.8) is 0 Å². The second kappa shape index (κ2) is 5.09. The number of nitrogens with two attached hydrogens (primary N) is 1. The summed E-state index contributed by atoms with van der Waals surface area (Å²) >= 11 is 0. The number of carbonyl (C=O) groups excluding carboxylic acids is 1. The molecule has 0 aliphatic carbocycles. The van der Waals surface area contributed by atoms with E-state index >= 15 is 0 Å². The number of hydrogen-bond acceptors (Lipinski definition) is 3. The predicted molar refractivity (Wildman–Crippen MR) is 64.1 cm³/mol. The fourth-order valence-corrected chi connectivity index (χ4v) is 1.43. The van der Waals surface area contributed by atoms with Gasteiger partial charge in [0.15, 0.2) is 0 Å². The van der Waals surface area contributed by atoms with E-state index < -0.39 is 5.54 Å². The lowest BCUT2D eigenvalue weighted by Gasteiger charge is -2.21. The summed E-state index contributed by atoms with van der Waals surface area (Å²) in [5, 5.41) is 11.7. The van der Waals surface area contributed by atoms with Crippen molar-refractivity contribution in [2.24, 2.45) is 5.73 Å². The highest BCUT2D eigenvalue weighted by molar-refractivity contribution is 5.88. The van der Waals surface area contributed by atoms with Crippen LogP contribution < -0.4 is 11.1 Å². The van der Waals surface area contributed by atoms with Gasteiger partial charge in [0.2, 0.25) is 5.91 Å². The Hall–Kier alpha value is -1.39. The first-order valence-electron chi connectivity index (χ1n) is 5.19. The number of amides is 1. The highest BCUT2D eigenvalue weighted by Gasteiger charge is 2.17. The summed E-state index contributed by atoms with van der Waals surface area (Å²) in [6, 6.07) is 7.44. The topological polar surface area (TPSA) is 75.4 Å². The summed E-state index contributed by atoms with van der Waals surface area (Å²) < 4.78 is 0. The van der Waals surface area contributed by atoms with E-state index in [-0.39, 0.29) is 12.5 Å². The lowest BCUT2D eigenvalue weighted by molar-refractivity contribution is -0.114. The number of carbonyl (C=O) groups is 1. The van der Waals surface area contributed by atoms with Crippen LogP contribution in [0.2, 0.25) is 0 Å². The molecule has 1 unspecified atom stereocenters. The Morgan fingerprint density at radius 3 is 2.44 bits per heavy atom. The van der Waals surface area contributed by atoms with E-state index in [0.29, 0.717) is 6.42 Å². The molecule has 0 saturated carbocycles. The molecule has 0 aliphatic rings. The van der Waals surface area contributed by atoms with Gasteiger partial charge in [-0.1, -0.05) is 12.1 Å². The average molecular weight is 222 g/mol. The average Bonchev–Trinajstić information content (AvgIpc) is 2.20. The van der Waals surface area contributed by atoms with E-state index in [1.54, 1.807) is 6.92 Å². The highest BCUT2D eigenvalue weighted by Crippen LogP contribution is 2.14. The number of aliphatic hydroxyl groups excluding tert-OH is 1. The van der Waals surface area contributed by atoms with Crippen LogP contribution in [0, 0.1) is 0 Å². The van der Waals surface area contributed by atoms with Gasteiger partial charge >= 0.3 is 0 Å². The lowest BCUT2D eigenvalue weighted by Crippen LogP contribution is -2.42. The van der Waals surface area contributed by atoms with Crippen LogP contribution in [-0.2, 0) is 11.2 Å². The van der Waals surface area contributed by atoms with E-state index in [9.17, 15) is 4.79 Å². The van der Waals surface area contributed by atoms with Gasteiger partial charge in [-0.25, -0.2) is 0 Å². The molecule has 88 valence electrons. The molecule has 1 amide bonds. The highest BCUT2D eigenvalue weighted by atomic mass is 16.3. The van der Waals surface area contributed by atoms with Crippen LogP contribution in [0.5, 0.6) is 0 Å². The molecule has 0 bridgehead atoms. The predicted octanol–water partition coefficient (Wildman–Crippen LogP) is 0.897. The van der Waals surface area contributed by atoms with Gasteiger partial charge in [0.25, 0.3) is 0 Å². The van der Waals surface area contributed by atoms with Crippen molar-refractivity contribution in [3.8, 4) is 0 Å². The smallest absolute Gasteiger partial charge is 0.221 e. The van der Waals surface area contributed by atoms with Crippen molar-refractivity contribution in [2.45, 2.75) is 25.8 Å². The molecule has 0 heterocycles. The van der Waals surface area contributed by atoms with Crippen LogP contribution in [0.25, 0.3) is 0 Å². The molecule has 4 heteroatoms. The van der Waals surface area contributed by atoms with Gasteiger partial charge in [0.05, 0.1) is 6.61 Å². The zero-order chi connectivity index (χ0) is 12.2. The summed E-state index contributed by atoms with van der Waals surface area (Å²) in [6.45, 7) is 3.21. The third-order valence-electron chi connectivity index (χ3n) is 2.24. The van der Waals surface area contributed by atoms with E-state index in [4.69, 9.17) is 10.8 Å². The fourth-order valence-electron chi connectivity index (χ4n) is 1.43. The molecule has 1 atom stereocenters. The molecular formula is C12H18N2O2. The summed E-state index contributed by atoms with van der Waals surface area (Å²) in [6.07, 6.45) is 0.601. The Bertz CT molecular complexity index is 358. The second-order valence-corrected chi connectivity index (χ2v) is 4.37. The first kappa shape index (κ1) is 12.7. The first-order valence-corrected chi connectivity index (χ1v) is 5.19. The van der Waals surface area contributed by atoms with Crippen LogP contribution >= 0.6 is 0 Å². The number of anilines is 1. The lowest BCUT2D eigenvalue weighted by atomic mass is 9.95. The molecule has 1 aromatic rings. The van der Waals surface area contributed by atoms with E-state index in [0.717, 1.165) is 11.3 Å². The minimum Gasteiger partial charge on any atom is -0.394 e. The van der Waals surface area contributed by atoms with E-state index in [1.807, 2.05) is 24.3 Å². The van der Waals surface area contributed by atoms with Crippen molar-refractivity contribution < 1.29 is 9.90 Å². The maximum Gasteiger partial charge on any atom is 0.221 e. The first-order chi connectivity index (χ1) is 7.43. The molecule has 1 rings (SSSR count). The SMILES string of the molecule is CC(=O)Nc1ccc(CC(C)(N)CO)cc1. The number of benzene rings is 1. The van der Waals surface area contributed by atoms with Crippen molar-refractivity contribution in [2.75, 3.05) is 11.9 Å². The summed E-state index contributed by atoms with van der Waals surface area (Å²) in [5.74, 6) is -0.0910. The summed E-state index contributed by atoms with van der Waals surface area (Å²) in [5.41, 5.74) is 7.04. The number of nitrogens with one attached hydrogen (secondary N) is 1. The van der Waals surface area contributed by atoms with E-state index in [2.05, 4.69) is 5.32 Å². The molecular weight excluding hydrogens is 204 g/mol. The monoisotopic (exact) mass is 222 g/mol. The van der Waals surface area contributed by atoms with Crippen LogP contribution in [-0.4, -0.2) is 23.2 Å². The van der Waals surface area contributed by atoms with Crippen LogP contribution in [0.3, 0.4) is 0 Å². The Morgan fingerprint density at radius 1 is 1.44 bits per heavy atom. The molecule has 16 heavy (non-hydrogen) atoms. The van der Waals surface area contributed by atoms with Crippen molar-refractivity contribution >= 4 is 11.6 Å². The largest absolute Gasteiger partial charge is 0.394 e. The van der Waals surface area contributed by atoms with Crippen molar-refractivity contribution in [3.05, 3.63) is 29.8 Å². The molecule has 0 saturated heterocycles. The maximum atomic E-state index is 10.8. The molecule has 4 nitrogen and oxygen atoms in total. The number of aliphatic hydroxyl groups is 1. The number of hydrogen-bond donors (Lipinski definition) is 3. The zero-order valence-electron chi connectivity index (χ0n) is 9.66.